The molecule has 0 saturated heterocycles. The molecule has 2 aromatic carbocycles. The quantitative estimate of drug-likeness (QED) is 0.511. The summed E-state index contributed by atoms with van der Waals surface area (Å²) >= 11 is 0. The number of H-pyrrole nitrogens is 2. The predicted octanol–water partition coefficient (Wildman–Crippen LogP) is 4.01. The zero-order chi connectivity index (χ0) is 18.8. The molecular formula is C19H15F2N5O. The third-order valence-electron chi connectivity index (χ3n) is 4.85. The van der Waals surface area contributed by atoms with Crippen molar-refractivity contribution in [1.82, 2.24) is 20.2 Å². The largest absolute Gasteiger partial charge is 0.337 e. The number of carbonyl (C=O) groups excluding carboxylic acids is 1. The first-order valence-electron chi connectivity index (χ1n) is 8.55. The number of fused-ring (bicyclic) bond motifs is 2. The normalized spacial score (nSPS) is 18.1. The van der Waals surface area contributed by atoms with Crippen molar-refractivity contribution in [2.75, 3.05) is 5.32 Å². The number of rotatable bonds is 3. The van der Waals surface area contributed by atoms with Gasteiger partial charge < -0.3 is 10.3 Å². The van der Waals surface area contributed by atoms with Crippen molar-refractivity contribution < 1.29 is 13.6 Å². The van der Waals surface area contributed by atoms with E-state index in [4.69, 9.17) is 0 Å². The van der Waals surface area contributed by atoms with E-state index in [1.165, 1.54) is 0 Å². The highest BCUT2D eigenvalue weighted by Gasteiger charge is 2.61. The Hall–Kier alpha value is -3.29. The first-order valence-corrected chi connectivity index (χ1v) is 8.55. The summed E-state index contributed by atoms with van der Waals surface area (Å²) in [6, 6.07) is 11.1. The SMILES string of the molecule is Cc1ccc2nc(-c3n[nH]c4cccc(NC(=O)C5CC5(F)F)c34)[nH]c2c1. The fraction of sp³-hybridized carbons (Fsp3) is 0.211. The van der Waals surface area contributed by atoms with Crippen LogP contribution in [0.5, 0.6) is 0 Å². The number of amides is 1. The highest BCUT2D eigenvalue weighted by molar-refractivity contribution is 6.08. The number of aryl methyl sites for hydroxylation is 1. The fourth-order valence-electron chi connectivity index (χ4n) is 3.30. The first-order chi connectivity index (χ1) is 12.9. The van der Waals surface area contributed by atoms with E-state index in [0.29, 0.717) is 28.1 Å². The highest BCUT2D eigenvalue weighted by Crippen LogP contribution is 2.49. The fourth-order valence-corrected chi connectivity index (χ4v) is 3.30. The Labute approximate surface area is 152 Å². The van der Waals surface area contributed by atoms with Gasteiger partial charge >= 0.3 is 0 Å². The van der Waals surface area contributed by atoms with Crippen LogP contribution in [0.1, 0.15) is 12.0 Å². The molecule has 1 amide bonds. The number of nitrogens with zero attached hydrogens (tertiary/aromatic N) is 2. The molecule has 1 fully saturated rings. The van der Waals surface area contributed by atoms with Crippen molar-refractivity contribution in [2.24, 2.45) is 5.92 Å². The van der Waals surface area contributed by atoms with Gasteiger partial charge in [-0.3, -0.25) is 9.89 Å². The minimum absolute atomic E-state index is 0.407. The Kier molecular flexibility index (Phi) is 3.16. The van der Waals surface area contributed by atoms with Gasteiger partial charge in [-0.2, -0.15) is 5.10 Å². The first kappa shape index (κ1) is 15.9. The molecule has 8 heteroatoms. The van der Waals surface area contributed by atoms with E-state index >= 15 is 0 Å². The zero-order valence-electron chi connectivity index (χ0n) is 14.3. The van der Waals surface area contributed by atoms with Gasteiger partial charge in [-0.1, -0.05) is 12.1 Å². The van der Waals surface area contributed by atoms with Gasteiger partial charge in [0.1, 0.15) is 11.6 Å². The van der Waals surface area contributed by atoms with Crippen LogP contribution in [0.2, 0.25) is 0 Å². The number of alkyl halides is 2. The van der Waals surface area contributed by atoms with Crippen molar-refractivity contribution in [2.45, 2.75) is 19.3 Å². The van der Waals surface area contributed by atoms with Crippen molar-refractivity contribution >= 4 is 33.5 Å². The molecule has 0 radical (unpaired) electrons. The molecule has 1 aliphatic carbocycles. The van der Waals surface area contributed by atoms with Crippen LogP contribution in [-0.4, -0.2) is 32.0 Å². The molecule has 2 heterocycles. The van der Waals surface area contributed by atoms with Crippen LogP contribution in [-0.2, 0) is 4.79 Å². The van der Waals surface area contributed by atoms with Crippen LogP contribution in [0, 0.1) is 12.8 Å². The predicted molar refractivity (Wildman–Crippen MR) is 97.6 cm³/mol. The van der Waals surface area contributed by atoms with Gasteiger partial charge in [0, 0.05) is 6.42 Å². The highest BCUT2D eigenvalue weighted by atomic mass is 19.3. The summed E-state index contributed by atoms with van der Waals surface area (Å²) in [6.07, 6.45) is -0.407. The molecule has 0 bridgehead atoms. The summed E-state index contributed by atoms with van der Waals surface area (Å²) in [5.41, 5.74) is 4.41. The van der Waals surface area contributed by atoms with E-state index in [1.54, 1.807) is 18.2 Å². The maximum Gasteiger partial charge on any atom is 0.260 e. The summed E-state index contributed by atoms with van der Waals surface area (Å²) in [5.74, 6) is -4.31. The Morgan fingerprint density at radius 1 is 1.26 bits per heavy atom. The second-order valence-electron chi connectivity index (χ2n) is 6.91. The van der Waals surface area contributed by atoms with Crippen molar-refractivity contribution in [1.29, 1.82) is 0 Å². The maximum atomic E-state index is 13.2. The maximum absolute atomic E-state index is 13.2. The molecule has 136 valence electrons. The number of carbonyl (C=O) groups is 1. The third-order valence-corrected chi connectivity index (χ3v) is 4.85. The molecule has 27 heavy (non-hydrogen) atoms. The van der Waals surface area contributed by atoms with Gasteiger partial charge in [0.25, 0.3) is 5.92 Å². The van der Waals surface area contributed by atoms with Gasteiger partial charge in [0.15, 0.2) is 5.82 Å². The number of aromatic amines is 2. The van der Waals surface area contributed by atoms with E-state index in [-0.39, 0.29) is 0 Å². The molecule has 3 N–H and O–H groups in total. The van der Waals surface area contributed by atoms with Crippen LogP contribution in [0.25, 0.3) is 33.5 Å². The summed E-state index contributed by atoms with van der Waals surface area (Å²) in [7, 11) is 0. The lowest BCUT2D eigenvalue weighted by atomic mass is 10.1. The standard InChI is InChI=1S/C19H15F2N5O/c1-9-5-6-11-14(7-9)23-17(22-11)16-15-12(3-2-4-13(15)25-26-16)24-18(27)10-8-19(10,20)21/h2-7,10H,8H2,1H3,(H,22,23)(H,24,27)(H,25,26). The van der Waals surface area contributed by atoms with Crippen LogP contribution in [0.15, 0.2) is 36.4 Å². The molecule has 1 atom stereocenters. The number of anilines is 1. The Bertz CT molecular complexity index is 1210. The van der Waals surface area contributed by atoms with Gasteiger partial charge in [-0.15, -0.1) is 0 Å². The lowest BCUT2D eigenvalue weighted by Gasteiger charge is -2.06. The monoisotopic (exact) mass is 367 g/mol. The van der Waals surface area contributed by atoms with E-state index in [0.717, 1.165) is 16.6 Å². The number of aromatic nitrogens is 4. The molecule has 1 unspecified atom stereocenters. The number of benzene rings is 2. The molecule has 4 aromatic rings. The number of imidazole rings is 1. The third kappa shape index (κ3) is 2.56. The van der Waals surface area contributed by atoms with Gasteiger partial charge in [0.2, 0.25) is 5.91 Å². The van der Waals surface area contributed by atoms with Crippen molar-refractivity contribution in [3.05, 3.63) is 42.0 Å². The second kappa shape index (κ2) is 5.35. The number of nitrogens with one attached hydrogen (secondary N) is 3. The van der Waals surface area contributed by atoms with E-state index in [9.17, 15) is 13.6 Å². The molecule has 0 aliphatic heterocycles. The molecule has 6 nitrogen and oxygen atoms in total. The number of halogens is 2. The van der Waals surface area contributed by atoms with Crippen LogP contribution in [0.3, 0.4) is 0 Å². The van der Waals surface area contributed by atoms with Crippen molar-refractivity contribution in [3.8, 4) is 11.5 Å². The number of hydrogen-bond donors (Lipinski definition) is 3. The summed E-state index contributed by atoms with van der Waals surface area (Å²) in [6.45, 7) is 1.99. The van der Waals surface area contributed by atoms with Crippen LogP contribution in [0.4, 0.5) is 14.5 Å². The smallest absolute Gasteiger partial charge is 0.260 e. The van der Waals surface area contributed by atoms with E-state index in [1.807, 2.05) is 25.1 Å². The Morgan fingerprint density at radius 2 is 2.07 bits per heavy atom. The zero-order valence-corrected chi connectivity index (χ0v) is 14.3. The average molecular weight is 367 g/mol. The minimum atomic E-state index is -2.91. The van der Waals surface area contributed by atoms with Gasteiger partial charge in [-0.05, 0) is 36.8 Å². The topological polar surface area (TPSA) is 86.5 Å². The Morgan fingerprint density at radius 3 is 2.85 bits per heavy atom. The van der Waals surface area contributed by atoms with Crippen LogP contribution >= 0.6 is 0 Å². The summed E-state index contributed by atoms with van der Waals surface area (Å²) in [5, 5.41) is 10.5. The average Bonchev–Trinajstić information content (AvgIpc) is 2.99. The molecule has 2 aromatic heterocycles. The minimum Gasteiger partial charge on any atom is -0.337 e. The van der Waals surface area contributed by atoms with Gasteiger partial charge in [0.05, 0.1) is 27.6 Å². The van der Waals surface area contributed by atoms with Crippen molar-refractivity contribution in [3.63, 3.8) is 0 Å². The van der Waals surface area contributed by atoms with E-state index in [2.05, 4.69) is 25.5 Å². The molecule has 5 rings (SSSR count). The van der Waals surface area contributed by atoms with Crippen LogP contribution < -0.4 is 5.32 Å². The number of hydrogen-bond acceptors (Lipinski definition) is 3. The lowest BCUT2D eigenvalue weighted by molar-refractivity contribution is -0.119. The molecule has 1 saturated carbocycles. The molecular weight excluding hydrogens is 352 g/mol. The second-order valence-corrected chi connectivity index (χ2v) is 6.91. The summed E-state index contributed by atoms with van der Waals surface area (Å²) < 4.78 is 26.4. The lowest BCUT2D eigenvalue weighted by Crippen LogP contribution is -2.17. The molecule has 0 spiro atoms. The molecule has 1 aliphatic rings. The van der Waals surface area contributed by atoms with Gasteiger partial charge in [-0.25, -0.2) is 13.8 Å². The van der Waals surface area contributed by atoms with E-state index < -0.39 is 24.2 Å². The Balaban J connectivity index is 1.59. The summed E-state index contributed by atoms with van der Waals surface area (Å²) in [4.78, 5) is 19.9.